The first-order chi connectivity index (χ1) is 6.18. The topological polar surface area (TPSA) is 45.8 Å². The smallest absolute Gasteiger partial charge is 0.305 e. The second-order valence-corrected chi connectivity index (χ2v) is 2.51. The van der Waals surface area contributed by atoms with Crippen LogP contribution in [0.4, 0.5) is 8.78 Å². The highest BCUT2D eigenvalue weighted by Crippen LogP contribution is 2.15. The van der Waals surface area contributed by atoms with E-state index in [4.69, 9.17) is 0 Å². The van der Waals surface area contributed by atoms with Crippen molar-refractivity contribution >= 4 is 10.9 Å². The van der Waals surface area contributed by atoms with Crippen LogP contribution in [0.25, 0.3) is 10.9 Å². The van der Waals surface area contributed by atoms with Gasteiger partial charge in [0.2, 0.25) is 0 Å². The monoisotopic (exact) mass is 182 g/mol. The molecule has 0 amide bonds. The third kappa shape index (κ3) is 1.18. The first-order valence-corrected chi connectivity index (χ1v) is 3.51. The minimum absolute atomic E-state index is 0.0281. The van der Waals surface area contributed by atoms with Gasteiger partial charge >= 0.3 is 5.69 Å². The number of nitrogens with zero attached hydrogens (tertiary/aromatic N) is 1. The van der Waals surface area contributed by atoms with E-state index in [0.29, 0.717) is 0 Å². The summed E-state index contributed by atoms with van der Waals surface area (Å²) in [6.45, 7) is 0. The Hall–Kier alpha value is -1.78. The Morgan fingerprint density at radius 1 is 1.31 bits per heavy atom. The molecule has 0 aliphatic heterocycles. The molecule has 66 valence electrons. The fourth-order valence-corrected chi connectivity index (χ4v) is 1.07. The molecule has 1 N–H and O–H groups in total. The molecule has 3 nitrogen and oxygen atoms in total. The van der Waals surface area contributed by atoms with E-state index in [-0.39, 0.29) is 10.9 Å². The number of nitrogens with one attached hydrogen (secondary N) is 1. The van der Waals surface area contributed by atoms with E-state index in [2.05, 4.69) is 9.97 Å². The Morgan fingerprint density at radius 3 is 2.85 bits per heavy atom. The van der Waals surface area contributed by atoms with Crippen LogP contribution in [0, 0.1) is 11.6 Å². The summed E-state index contributed by atoms with van der Waals surface area (Å²) in [5.74, 6) is -1.96. The normalized spacial score (nSPS) is 10.6. The summed E-state index contributed by atoms with van der Waals surface area (Å²) in [5, 5.41) is -0.0281. The number of aromatic amines is 1. The van der Waals surface area contributed by atoms with Crippen LogP contribution in [-0.4, -0.2) is 9.97 Å². The van der Waals surface area contributed by atoms with Gasteiger partial charge in [0.05, 0.1) is 10.9 Å². The zero-order valence-corrected chi connectivity index (χ0v) is 6.34. The van der Waals surface area contributed by atoms with E-state index >= 15 is 0 Å². The Labute approximate surface area is 71.0 Å². The molecule has 2 aromatic rings. The number of benzene rings is 1. The number of hydrogen-bond donors (Lipinski definition) is 1. The second-order valence-electron chi connectivity index (χ2n) is 2.51. The Balaban J connectivity index is 2.95. The molecule has 2 rings (SSSR count). The number of fused-ring (bicyclic) bond motifs is 1. The molecule has 0 aliphatic carbocycles. The van der Waals surface area contributed by atoms with Crippen LogP contribution < -0.4 is 5.69 Å². The fourth-order valence-electron chi connectivity index (χ4n) is 1.07. The third-order valence-electron chi connectivity index (χ3n) is 1.69. The SMILES string of the molecule is O=c1ncc2c(F)c(F)ccc2[nH]1. The second kappa shape index (κ2) is 2.62. The maximum atomic E-state index is 13.0. The summed E-state index contributed by atoms with van der Waals surface area (Å²) >= 11 is 0. The van der Waals surface area contributed by atoms with Gasteiger partial charge in [-0.1, -0.05) is 0 Å². The zero-order chi connectivity index (χ0) is 9.42. The van der Waals surface area contributed by atoms with Crippen LogP contribution in [0.2, 0.25) is 0 Å². The summed E-state index contributed by atoms with van der Waals surface area (Å²) in [6, 6.07) is 2.24. The molecule has 0 bridgehead atoms. The van der Waals surface area contributed by atoms with Crippen molar-refractivity contribution in [2.24, 2.45) is 0 Å². The van der Waals surface area contributed by atoms with Crippen LogP contribution in [0.3, 0.4) is 0 Å². The number of H-pyrrole nitrogens is 1. The number of rotatable bonds is 0. The van der Waals surface area contributed by atoms with E-state index < -0.39 is 17.3 Å². The van der Waals surface area contributed by atoms with Crippen LogP contribution in [0.1, 0.15) is 0 Å². The molecule has 13 heavy (non-hydrogen) atoms. The first kappa shape index (κ1) is 7.85. The van der Waals surface area contributed by atoms with Gasteiger partial charge in [0.15, 0.2) is 11.6 Å². The largest absolute Gasteiger partial charge is 0.345 e. The van der Waals surface area contributed by atoms with Gasteiger partial charge in [-0.15, -0.1) is 0 Å². The lowest BCUT2D eigenvalue weighted by molar-refractivity contribution is 0.516. The summed E-state index contributed by atoms with van der Waals surface area (Å²) in [6.07, 6.45) is 1.01. The van der Waals surface area contributed by atoms with Gasteiger partial charge in [-0.3, -0.25) is 0 Å². The van der Waals surface area contributed by atoms with Gasteiger partial charge < -0.3 is 4.98 Å². The van der Waals surface area contributed by atoms with Crippen molar-refractivity contribution in [1.29, 1.82) is 0 Å². The van der Waals surface area contributed by atoms with Gasteiger partial charge in [-0.2, -0.15) is 0 Å². The lowest BCUT2D eigenvalue weighted by atomic mass is 10.2. The average Bonchev–Trinajstić information content (AvgIpc) is 2.12. The predicted octanol–water partition coefficient (Wildman–Crippen LogP) is 1.20. The molecule has 0 aliphatic rings. The minimum Gasteiger partial charge on any atom is -0.305 e. The number of halogens is 2. The highest BCUT2D eigenvalue weighted by atomic mass is 19.2. The average molecular weight is 182 g/mol. The van der Waals surface area contributed by atoms with Crippen LogP contribution in [0.15, 0.2) is 23.1 Å². The van der Waals surface area contributed by atoms with Gasteiger partial charge in [0, 0.05) is 6.20 Å². The summed E-state index contributed by atoms with van der Waals surface area (Å²) < 4.78 is 25.6. The molecule has 0 saturated carbocycles. The van der Waals surface area contributed by atoms with Crippen molar-refractivity contribution in [2.45, 2.75) is 0 Å². The maximum Gasteiger partial charge on any atom is 0.345 e. The Morgan fingerprint density at radius 2 is 2.08 bits per heavy atom. The van der Waals surface area contributed by atoms with Crippen molar-refractivity contribution in [1.82, 2.24) is 9.97 Å². The van der Waals surface area contributed by atoms with Gasteiger partial charge in [-0.05, 0) is 12.1 Å². The summed E-state index contributed by atoms with van der Waals surface area (Å²) in [7, 11) is 0. The highest BCUT2D eigenvalue weighted by Gasteiger charge is 2.06. The van der Waals surface area contributed by atoms with E-state index in [0.717, 1.165) is 12.3 Å². The lowest BCUT2D eigenvalue weighted by Crippen LogP contribution is -2.09. The van der Waals surface area contributed by atoms with Gasteiger partial charge in [0.25, 0.3) is 0 Å². The van der Waals surface area contributed by atoms with Crippen molar-refractivity contribution in [3.8, 4) is 0 Å². The Bertz CT molecular complexity index is 521. The molecule has 1 heterocycles. The first-order valence-electron chi connectivity index (χ1n) is 3.51. The quantitative estimate of drug-likeness (QED) is 0.665. The van der Waals surface area contributed by atoms with E-state index in [9.17, 15) is 13.6 Å². The lowest BCUT2D eigenvalue weighted by Gasteiger charge is -1.97. The third-order valence-corrected chi connectivity index (χ3v) is 1.69. The van der Waals surface area contributed by atoms with Crippen LogP contribution >= 0.6 is 0 Å². The highest BCUT2D eigenvalue weighted by molar-refractivity contribution is 5.77. The molecule has 1 aromatic carbocycles. The van der Waals surface area contributed by atoms with Crippen molar-refractivity contribution in [2.75, 3.05) is 0 Å². The molecule has 0 atom stereocenters. The zero-order valence-electron chi connectivity index (χ0n) is 6.34. The van der Waals surface area contributed by atoms with E-state index in [1.165, 1.54) is 6.07 Å². The molecular weight excluding hydrogens is 178 g/mol. The van der Waals surface area contributed by atoms with E-state index in [1.54, 1.807) is 0 Å². The summed E-state index contributed by atoms with van der Waals surface area (Å²) in [5.41, 5.74) is -0.350. The number of hydrogen-bond acceptors (Lipinski definition) is 2. The minimum atomic E-state index is -0.999. The predicted molar refractivity (Wildman–Crippen MR) is 42.3 cm³/mol. The standard InChI is InChI=1S/C8H4F2N2O/c9-5-1-2-6-4(7(5)10)3-11-8(13)12-6/h1-3H,(H,11,12,13). The van der Waals surface area contributed by atoms with Gasteiger partial charge in [0.1, 0.15) is 0 Å². The fraction of sp³-hybridized carbons (Fsp3) is 0. The Kier molecular flexibility index (Phi) is 1.58. The molecular formula is C8H4F2N2O. The molecule has 0 radical (unpaired) electrons. The number of aromatic nitrogens is 2. The molecule has 0 fully saturated rings. The molecule has 1 aromatic heterocycles. The molecule has 0 unspecified atom stereocenters. The van der Waals surface area contributed by atoms with Crippen molar-refractivity contribution < 1.29 is 8.78 Å². The maximum absolute atomic E-state index is 13.0. The molecule has 0 spiro atoms. The van der Waals surface area contributed by atoms with Crippen molar-refractivity contribution in [3.05, 3.63) is 40.4 Å². The van der Waals surface area contributed by atoms with Gasteiger partial charge in [-0.25, -0.2) is 18.6 Å². The van der Waals surface area contributed by atoms with Crippen LogP contribution in [-0.2, 0) is 0 Å². The molecule has 0 saturated heterocycles. The van der Waals surface area contributed by atoms with E-state index in [1.807, 2.05) is 0 Å². The molecule has 5 heteroatoms. The van der Waals surface area contributed by atoms with Crippen LogP contribution in [0.5, 0.6) is 0 Å². The van der Waals surface area contributed by atoms with Crippen molar-refractivity contribution in [3.63, 3.8) is 0 Å². The summed E-state index contributed by atoms with van der Waals surface area (Å²) in [4.78, 5) is 16.3.